The Bertz CT molecular complexity index is 706. The van der Waals surface area contributed by atoms with E-state index < -0.39 is 0 Å². The third kappa shape index (κ3) is 4.35. The first kappa shape index (κ1) is 17.4. The zero-order valence-corrected chi connectivity index (χ0v) is 14.9. The van der Waals surface area contributed by atoms with E-state index in [9.17, 15) is 4.79 Å². The van der Waals surface area contributed by atoms with Crippen LogP contribution in [0.4, 0.5) is 5.82 Å². The second-order valence-electron chi connectivity index (χ2n) is 6.79. The molecule has 2 N–H and O–H groups in total. The summed E-state index contributed by atoms with van der Waals surface area (Å²) in [6, 6.07) is 0. The summed E-state index contributed by atoms with van der Waals surface area (Å²) in [6.07, 6.45) is 7.71. The van der Waals surface area contributed by atoms with Gasteiger partial charge >= 0.3 is 0 Å². The number of nitrogen functional groups attached to an aromatic ring is 1. The van der Waals surface area contributed by atoms with Crippen molar-refractivity contribution in [1.29, 1.82) is 0 Å². The average molecular weight is 343 g/mol. The van der Waals surface area contributed by atoms with Crippen LogP contribution in [0.5, 0.6) is 0 Å². The fourth-order valence-corrected chi connectivity index (χ4v) is 3.40. The molecule has 0 radical (unpaired) electrons. The average Bonchev–Trinajstić information content (AvgIpc) is 2.79. The zero-order chi connectivity index (χ0) is 17.8. The quantitative estimate of drug-likeness (QED) is 0.912. The van der Waals surface area contributed by atoms with Crippen LogP contribution in [0.15, 0.2) is 16.9 Å². The fraction of sp³-hybridized carbons (Fsp3) is 0.556. The Morgan fingerprint density at radius 2 is 2.12 bits per heavy atom. The van der Waals surface area contributed by atoms with Crippen molar-refractivity contribution in [2.24, 2.45) is 5.92 Å². The molecule has 3 heterocycles. The molecule has 1 aliphatic rings. The van der Waals surface area contributed by atoms with Gasteiger partial charge in [0.1, 0.15) is 11.6 Å². The molecule has 1 aliphatic heterocycles. The van der Waals surface area contributed by atoms with Gasteiger partial charge in [0.15, 0.2) is 0 Å². The minimum atomic E-state index is 0.155. The minimum Gasteiger partial charge on any atom is -0.382 e. The standard InChI is InChI=1S/C18H25N5O2/c1-12-16(13(2)25-22-12)9-18(24)23-6-3-4-14(5-7-23)8-15-10-21-17(19)11-20-15/h10-11,14H,3-9H2,1-2H3,(H2,19,21)/t14-/m0/s1. The highest BCUT2D eigenvalue weighted by atomic mass is 16.5. The number of nitrogens with zero attached hydrogens (tertiary/aromatic N) is 4. The van der Waals surface area contributed by atoms with Crippen molar-refractivity contribution in [1.82, 2.24) is 20.0 Å². The molecular formula is C18H25N5O2. The van der Waals surface area contributed by atoms with E-state index in [1.54, 1.807) is 12.4 Å². The molecule has 0 aromatic carbocycles. The molecule has 7 nitrogen and oxygen atoms in total. The zero-order valence-electron chi connectivity index (χ0n) is 14.9. The van der Waals surface area contributed by atoms with Gasteiger partial charge in [-0.15, -0.1) is 0 Å². The molecule has 0 unspecified atom stereocenters. The minimum absolute atomic E-state index is 0.155. The molecule has 0 saturated carbocycles. The molecular weight excluding hydrogens is 318 g/mol. The Morgan fingerprint density at radius 3 is 2.80 bits per heavy atom. The number of hydrogen-bond acceptors (Lipinski definition) is 6. The number of carbonyl (C=O) groups is 1. The van der Waals surface area contributed by atoms with E-state index in [1.165, 1.54) is 0 Å². The fourth-order valence-electron chi connectivity index (χ4n) is 3.40. The Labute approximate surface area is 147 Å². The summed E-state index contributed by atoms with van der Waals surface area (Å²) in [6.45, 7) is 5.33. The number of carbonyl (C=O) groups excluding carboxylic acids is 1. The summed E-state index contributed by atoms with van der Waals surface area (Å²) < 4.78 is 5.16. The first-order chi connectivity index (χ1) is 12.0. The monoisotopic (exact) mass is 343 g/mol. The highest BCUT2D eigenvalue weighted by Gasteiger charge is 2.23. The van der Waals surface area contributed by atoms with E-state index in [4.69, 9.17) is 10.3 Å². The number of rotatable bonds is 4. The van der Waals surface area contributed by atoms with E-state index in [0.29, 0.717) is 18.2 Å². The van der Waals surface area contributed by atoms with Gasteiger partial charge in [0.25, 0.3) is 0 Å². The molecule has 1 atom stereocenters. The molecule has 25 heavy (non-hydrogen) atoms. The molecule has 1 fully saturated rings. The van der Waals surface area contributed by atoms with Crippen LogP contribution in [-0.4, -0.2) is 39.0 Å². The molecule has 3 rings (SSSR count). The summed E-state index contributed by atoms with van der Waals surface area (Å²) in [5.74, 6) is 1.86. The van der Waals surface area contributed by atoms with Gasteiger partial charge in [-0.05, 0) is 45.4 Å². The molecule has 0 spiro atoms. The van der Waals surface area contributed by atoms with Crippen molar-refractivity contribution in [3.8, 4) is 0 Å². The first-order valence-electron chi connectivity index (χ1n) is 8.79. The van der Waals surface area contributed by atoms with Crippen molar-refractivity contribution in [3.05, 3.63) is 35.1 Å². The predicted molar refractivity (Wildman–Crippen MR) is 93.8 cm³/mol. The van der Waals surface area contributed by atoms with Crippen LogP contribution < -0.4 is 5.73 Å². The maximum atomic E-state index is 12.6. The van der Waals surface area contributed by atoms with Crippen LogP contribution in [-0.2, 0) is 17.6 Å². The first-order valence-corrected chi connectivity index (χ1v) is 8.79. The number of nitrogens with two attached hydrogens (primary N) is 1. The number of aromatic nitrogens is 3. The van der Waals surface area contributed by atoms with Gasteiger partial charge < -0.3 is 15.2 Å². The summed E-state index contributed by atoms with van der Waals surface area (Å²) in [5, 5.41) is 3.93. The van der Waals surface area contributed by atoms with Crippen LogP contribution in [0.25, 0.3) is 0 Å². The molecule has 1 saturated heterocycles. The van der Waals surface area contributed by atoms with Crippen molar-refractivity contribution >= 4 is 11.7 Å². The van der Waals surface area contributed by atoms with E-state index >= 15 is 0 Å². The van der Waals surface area contributed by atoms with E-state index in [0.717, 1.165) is 61.5 Å². The second kappa shape index (κ2) is 7.63. The summed E-state index contributed by atoms with van der Waals surface area (Å²) in [5.41, 5.74) is 8.28. The van der Waals surface area contributed by atoms with Crippen molar-refractivity contribution in [3.63, 3.8) is 0 Å². The van der Waals surface area contributed by atoms with Crippen molar-refractivity contribution in [2.75, 3.05) is 18.8 Å². The number of aryl methyl sites for hydroxylation is 2. The molecule has 134 valence electrons. The van der Waals surface area contributed by atoms with Crippen molar-refractivity contribution in [2.45, 2.75) is 46.0 Å². The Kier molecular flexibility index (Phi) is 5.31. The van der Waals surface area contributed by atoms with Crippen LogP contribution in [0, 0.1) is 19.8 Å². The van der Waals surface area contributed by atoms with Crippen LogP contribution >= 0.6 is 0 Å². The Morgan fingerprint density at radius 1 is 1.28 bits per heavy atom. The number of amides is 1. The Hall–Kier alpha value is -2.44. The van der Waals surface area contributed by atoms with Crippen LogP contribution in [0.3, 0.4) is 0 Å². The number of hydrogen-bond donors (Lipinski definition) is 1. The molecule has 0 aliphatic carbocycles. The maximum Gasteiger partial charge on any atom is 0.227 e. The summed E-state index contributed by atoms with van der Waals surface area (Å²) in [7, 11) is 0. The highest BCUT2D eigenvalue weighted by Crippen LogP contribution is 2.22. The van der Waals surface area contributed by atoms with Crippen LogP contribution in [0.2, 0.25) is 0 Å². The lowest BCUT2D eigenvalue weighted by atomic mass is 9.95. The van der Waals surface area contributed by atoms with Gasteiger partial charge in [-0.25, -0.2) is 4.98 Å². The third-order valence-electron chi connectivity index (χ3n) is 4.93. The molecule has 1 amide bonds. The van der Waals surface area contributed by atoms with Gasteiger partial charge in [0, 0.05) is 18.7 Å². The van der Waals surface area contributed by atoms with Gasteiger partial charge in [-0.2, -0.15) is 0 Å². The summed E-state index contributed by atoms with van der Waals surface area (Å²) >= 11 is 0. The smallest absolute Gasteiger partial charge is 0.227 e. The highest BCUT2D eigenvalue weighted by molar-refractivity contribution is 5.79. The lowest BCUT2D eigenvalue weighted by Crippen LogP contribution is -2.33. The van der Waals surface area contributed by atoms with Gasteiger partial charge in [-0.1, -0.05) is 5.16 Å². The number of likely N-dealkylation sites (tertiary alicyclic amines) is 1. The molecule has 7 heteroatoms. The lowest BCUT2D eigenvalue weighted by Gasteiger charge is -2.20. The largest absolute Gasteiger partial charge is 0.382 e. The van der Waals surface area contributed by atoms with E-state index in [2.05, 4.69) is 15.1 Å². The predicted octanol–water partition coefficient (Wildman–Crippen LogP) is 2.08. The third-order valence-corrected chi connectivity index (χ3v) is 4.93. The lowest BCUT2D eigenvalue weighted by molar-refractivity contribution is -0.130. The Balaban J connectivity index is 1.55. The maximum absolute atomic E-state index is 12.6. The van der Waals surface area contributed by atoms with Crippen molar-refractivity contribution < 1.29 is 9.32 Å². The molecule has 0 bridgehead atoms. The normalized spacial score (nSPS) is 18.2. The number of anilines is 1. The summed E-state index contributed by atoms with van der Waals surface area (Å²) in [4.78, 5) is 23.1. The van der Waals surface area contributed by atoms with E-state index in [1.807, 2.05) is 18.7 Å². The molecule has 2 aromatic rings. The second-order valence-corrected chi connectivity index (χ2v) is 6.79. The van der Waals surface area contributed by atoms with E-state index in [-0.39, 0.29) is 5.91 Å². The van der Waals surface area contributed by atoms with Crippen LogP contribution in [0.1, 0.15) is 42.0 Å². The topological polar surface area (TPSA) is 98.1 Å². The SMILES string of the molecule is Cc1noc(C)c1CC(=O)N1CCC[C@H](Cc2cnc(N)cn2)CC1. The van der Waals surface area contributed by atoms with Gasteiger partial charge in [0.2, 0.25) is 5.91 Å². The van der Waals surface area contributed by atoms with Gasteiger partial charge in [0.05, 0.1) is 30.2 Å². The molecule has 2 aromatic heterocycles. The van der Waals surface area contributed by atoms with Gasteiger partial charge in [-0.3, -0.25) is 9.78 Å².